The molecule has 0 saturated heterocycles. The van der Waals surface area contributed by atoms with E-state index in [1.165, 1.54) is 38.6 Å². The maximum Gasteiger partial charge on any atom is 0.503 e. The Kier molecular flexibility index (Phi) is 9.91. The average molecular weight is 809 g/mol. The quantitative estimate of drug-likeness (QED) is 0.162. The van der Waals surface area contributed by atoms with E-state index in [9.17, 15) is 0 Å². The minimum Gasteiger partial charge on any atom is -0.457 e. The predicted molar refractivity (Wildman–Crippen MR) is 259 cm³/mol. The number of aromatic nitrogens is 2. The molecule has 5 nitrogen and oxygen atoms in total. The highest BCUT2D eigenvalue weighted by Crippen LogP contribution is 2.45. The first-order chi connectivity index (χ1) is 28.4. The lowest BCUT2D eigenvalue weighted by Crippen LogP contribution is -2.18. The van der Waals surface area contributed by atoms with E-state index in [2.05, 4.69) is 227 Å². The summed E-state index contributed by atoms with van der Waals surface area (Å²) in [5.41, 5.74) is 12.8. The number of rotatable bonds is 5. The van der Waals surface area contributed by atoms with Gasteiger partial charge in [-0.15, -0.1) is 0 Å². The zero-order valence-electron chi connectivity index (χ0n) is 39.2. The predicted octanol–water partition coefficient (Wildman–Crippen LogP) is 15.3. The Morgan fingerprint density at radius 1 is 0.475 bits per heavy atom. The first kappa shape index (κ1) is 41.9. The molecule has 8 rings (SSSR count). The fraction of sp³-hybridized carbons (Fsp3) is 0.357. The third-order valence-electron chi connectivity index (χ3n) is 12.2. The molecule has 0 unspecified atom stereocenters. The van der Waals surface area contributed by atoms with Crippen molar-refractivity contribution < 1.29 is 4.74 Å². The summed E-state index contributed by atoms with van der Waals surface area (Å²) < 4.78 is 13.6. The van der Waals surface area contributed by atoms with Gasteiger partial charge in [0.05, 0.1) is 17.1 Å². The summed E-state index contributed by atoms with van der Waals surface area (Å²) in [5.74, 6) is 2.41. The number of benzene rings is 5. The molecule has 312 valence electrons. The van der Waals surface area contributed by atoms with Crippen molar-refractivity contribution in [2.45, 2.75) is 131 Å². The molecule has 0 saturated carbocycles. The molecule has 0 aliphatic carbocycles. The summed E-state index contributed by atoms with van der Waals surface area (Å²) in [4.78, 5) is 4.94. The third-order valence-corrected chi connectivity index (χ3v) is 12.2. The minimum atomic E-state index is -0.0975. The number of hydrogen-bond donors (Lipinski definition) is 0. The highest BCUT2D eigenvalue weighted by molar-refractivity contribution is 6.09. The van der Waals surface area contributed by atoms with Gasteiger partial charge in [-0.2, -0.15) is 0 Å². The van der Waals surface area contributed by atoms with E-state index in [0.717, 1.165) is 51.1 Å². The molecular formula is C56H64N4O+2. The van der Waals surface area contributed by atoms with Crippen LogP contribution in [0.2, 0.25) is 0 Å². The van der Waals surface area contributed by atoms with Crippen LogP contribution in [0.15, 0.2) is 115 Å². The number of para-hydroxylation sites is 1. The van der Waals surface area contributed by atoms with Gasteiger partial charge >= 0.3 is 11.7 Å². The number of ether oxygens (including phenoxy) is 1. The molecule has 0 fully saturated rings. The van der Waals surface area contributed by atoms with Crippen molar-refractivity contribution in [3.05, 3.63) is 143 Å². The van der Waals surface area contributed by atoms with Gasteiger partial charge in [-0.25, -0.2) is 4.98 Å². The lowest BCUT2D eigenvalue weighted by Gasteiger charge is -2.25. The molecule has 61 heavy (non-hydrogen) atoms. The maximum absolute atomic E-state index is 6.81. The van der Waals surface area contributed by atoms with Crippen molar-refractivity contribution in [1.82, 2.24) is 18.7 Å². The molecule has 1 aliphatic heterocycles. The van der Waals surface area contributed by atoms with E-state index in [-0.39, 0.29) is 27.1 Å². The number of pyridine rings is 1. The van der Waals surface area contributed by atoms with Crippen molar-refractivity contribution in [3.8, 4) is 17.3 Å². The topological polar surface area (TPSA) is 33.1 Å². The molecule has 2 aromatic heterocycles. The van der Waals surface area contributed by atoms with Gasteiger partial charge in [0.25, 0.3) is 5.69 Å². The third kappa shape index (κ3) is 7.97. The maximum atomic E-state index is 6.81. The highest BCUT2D eigenvalue weighted by Gasteiger charge is 2.42. The molecular weight excluding hydrogens is 745 g/mol. The van der Waals surface area contributed by atoms with Crippen LogP contribution in [0.1, 0.15) is 132 Å². The molecule has 3 heterocycles. The SMILES string of the molecule is CC(C)(C)c1cc([N+]2=C=[N+](c3cccc(Oc4ccc5c6cc(C(C)(C)C)ccc6n(-c6cc(C(C)(C)C)ccn6)c5c4)c3)c3cccc(C(C)(C)C)c32)cc(C(C)(C)C)c1. The van der Waals surface area contributed by atoms with Crippen LogP contribution in [-0.4, -0.2) is 15.6 Å². The minimum absolute atomic E-state index is 0.0168. The second-order valence-corrected chi connectivity index (χ2v) is 22.2. The Morgan fingerprint density at radius 2 is 1.10 bits per heavy atom. The Balaban J connectivity index is 1.27. The summed E-state index contributed by atoms with van der Waals surface area (Å²) in [5, 5.41) is 2.38. The van der Waals surface area contributed by atoms with E-state index in [1.807, 2.05) is 12.3 Å². The largest absolute Gasteiger partial charge is 0.503 e. The van der Waals surface area contributed by atoms with E-state index < -0.39 is 0 Å². The number of fused-ring (bicyclic) bond motifs is 4. The molecule has 5 aromatic carbocycles. The molecule has 7 aromatic rings. The Hall–Kier alpha value is -5.77. The summed E-state index contributed by atoms with van der Waals surface area (Å²) in [7, 11) is 0. The summed E-state index contributed by atoms with van der Waals surface area (Å²) in [6.45, 7) is 34.2. The smallest absolute Gasteiger partial charge is 0.457 e. The van der Waals surface area contributed by atoms with Gasteiger partial charge < -0.3 is 4.74 Å². The lowest BCUT2D eigenvalue weighted by atomic mass is 9.80. The molecule has 0 N–H and O–H groups in total. The molecule has 5 heteroatoms. The number of hydrogen-bond acceptors (Lipinski definition) is 2. The Morgan fingerprint density at radius 3 is 1.74 bits per heavy atom. The molecule has 0 radical (unpaired) electrons. The first-order valence-electron chi connectivity index (χ1n) is 21.9. The lowest BCUT2D eigenvalue weighted by molar-refractivity contribution is 0.483. The van der Waals surface area contributed by atoms with Gasteiger partial charge in [-0.05, 0) is 101 Å². The van der Waals surface area contributed by atoms with Gasteiger partial charge in [-0.1, -0.05) is 134 Å². The van der Waals surface area contributed by atoms with E-state index in [4.69, 9.17) is 9.72 Å². The van der Waals surface area contributed by atoms with Crippen molar-refractivity contribution in [3.63, 3.8) is 0 Å². The fourth-order valence-electron chi connectivity index (χ4n) is 8.35. The van der Waals surface area contributed by atoms with Crippen LogP contribution in [0.3, 0.4) is 0 Å². The van der Waals surface area contributed by atoms with Crippen molar-refractivity contribution >= 4 is 50.6 Å². The van der Waals surface area contributed by atoms with E-state index in [1.54, 1.807) is 0 Å². The van der Waals surface area contributed by atoms with E-state index in [0.29, 0.717) is 0 Å². The van der Waals surface area contributed by atoms with E-state index >= 15 is 0 Å². The van der Waals surface area contributed by atoms with Gasteiger partial charge in [-0.3, -0.25) is 4.57 Å². The second-order valence-electron chi connectivity index (χ2n) is 22.2. The van der Waals surface area contributed by atoms with Crippen LogP contribution in [0, 0.1) is 0 Å². The standard InChI is InChI=1S/C56H64N4O/c1-52(2,3)36-22-25-47-45(31-36)44-24-23-43(34-49(44)60(47)50-32-37(26-27-57-50)53(4,5)6)61-42-19-16-18-40(33-42)58-35-59(51-46(56(13,14)15)20-17-21-48(51)58)41-29-38(54(7,8)9)28-39(30-41)55(10,11)12/h16-34H,1-15H3/q+2. The molecule has 0 bridgehead atoms. The summed E-state index contributed by atoms with van der Waals surface area (Å²) in [6, 6.07) is 43.6. The first-order valence-corrected chi connectivity index (χ1v) is 21.9. The van der Waals surface area contributed by atoms with Gasteiger partial charge in [0.15, 0.2) is 0 Å². The zero-order valence-corrected chi connectivity index (χ0v) is 39.2. The van der Waals surface area contributed by atoms with Crippen LogP contribution in [0.25, 0.3) is 27.6 Å². The Labute approximate surface area is 364 Å². The summed E-state index contributed by atoms with van der Waals surface area (Å²) >= 11 is 0. The van der Waals surface area contributed by atoms with Crippen LogP contribution in [-0.2, 0) is 27.1 Å². The monoisotopic (exact) mass is 809 g/mol. The second kappa shape index (κ2) is 14.4. The molecule has 1 aliphatic rings. The van der Waals surface area contributed by atoms with Crippen molar-refractivity contribution in [2.24, 2.45) is 0 Å². The zero-order chi connectivity index (χ0) is 44.0. The van der Waals surface area contributed by atoms with Crippen molar-refractivity contribution in [2.75, 3.05) is 0 Å². The number of nitrogens with zero attached hydrogens (tertiary/aromatic N) is 4. The van der Waals surface area contributed by atoms with Gasteiger partial charge in [0.1, 0.15) is 17.3 Å². The van der Waals surface area contributed by atoms with Crippen LogP contribution in [0.4, 0.5) is 22.7 Å². The fourth-order valence-corrected chi connectivity index (χ4v) is 8.35. The summed E-state index contributed by atoms with van der Waals surface area (Å²) in [6.07, 6.45) is 1.93. The van der Waals surface area contributed by atoms with Crippen LogP contribution >= 0.6 is 0 Å². The highest BCUT2D eigenvalue weighted by atomic mass is 16.5. The normalized spacial score (nSPS) is 13.8. The molecule has 0 spiro atoms. The average Bonchev–Trinajstić information content (AvgIpc) is 3.72. The van der Waals surface area contributed by atoms with Crippen LogP contribution in [0.5, 0.6) is 11.5 Å². The molecule has 0 amide bonds. The Bertz CT molecular complexity index is 2900. The van der Waals surface area contributed by atoms with Crippen molar-refractivity contribution in [1.29, 1.82) is 0 Å². The van der Waals surface area contributed by atoms with Gasteiger partial charge in [0.2, 0.25) is 11.4 Å². The van der Waals surface area contributed by atoms with Crippen LogP contribution < -0.4 is 13.9 Å². The molecule has 0 atom stereocenters. The van der Waals surface area contributed by atoms with Gasteiger partial charge in [0, 0.05) is 52.9 Å².